The number of ether oxygens (including phenoxy) is 1. The Hall–Kier alpha value is -1.98. The second-order valence-corrected chi connectivity index (χ2v) is 6.89. The molecule has 0 saturated carbocycles. The molecule has 4 nitrogen and oxygen atoms in total. The molecular weight excluding hydrogens is 318 g/mol. The number of benzene rings is 2. The van der Waals surface area contributed by atoms with Crippen molar-refractivity contribution in [2.45, 2.75) is 25.8 Å². The Bertz CT molecular complexity index is 861. The normalized spacial score (nSPS) is 16.6. The predicted octanol–water partition coefficient (Wildman–Crippen LogP) is 3.86. The summed E-state index contributed by atoms with van der Waals surface area (Å²) in [4.78, 5) is 2.56. The van der Waals surface area contributed by atoms with E-state index in [-0.39, 0.29) is 0 Å². The Morgan fingerprint density at radius 2 is 1.79 bits per heavy atom. The highest BCUT2D eigenvalue weighted by Gasteiger charge is 2.20. The predicted molar refractivity (Wildman–Crippen MR) is 97.8 cm³/mol. The molecule has 0 aliphatic carbocycles. The topological polar surface area (TPSA) is 38.2 Å². The highest BCUT2D eigenvalue weighted by Crippen LogP contribution is 2.28. The lowest BCUT2D eigenvalue weighted by Crippen LogP contribution is -2.29. The third-order valence-electron chi connectivity index (χ3n) is 5.06. The molecule has 0 spiro atoms. The van der Waals surface area contributed by atoms with Gasteiger partial charge in [-0.2, -0.15) is 8.75 Å². The molecule has 1 atom stereocenters. The summed E-state index contributed by atoms with van der Waals surface area (Å²) in [7, 11) is 1.73. The van der Waals surface area contributed by atoms with E-state index < -0.39 is 0 Å². The maximum absolute atomic E-state index is 5.37. The lowest BCUT2D eigenvalue weighted by Gasteiger charge is -2.27. The maximum atomic E-state index is 5.37. The fourth-order valence-corrected chi connectivity index (χ4v) is 4.02. The Morgan fingerprint density at radius 3 is 2.62 bits per heavy atom. The minimum absolute atomic E-state index is 0.382. The molecule has 0 saturated heterocycles. The largest absolute Gasteiger partial charge is 0.497 e. The van der Waals surface area contributed by atoms with Crippen LogP contribution in [0.1, 0.15) is 29.7 Å². The van der Waals surface area contributed by atoms with Crippen molar-refractivity contribution in [3.8, 4) is 5.75 Å². The summed E-state index contributed by atoms with van der Waals surface area (Å²) in [6, 6.07) is 13.3. The van der Waals surface area contributed by atoms with Gasteiger partial charge in [0, 0.05) is 19.1 Å². The summed E-state index contributed by atoms with van der Waals surface area (Å²) in [6.07, 6.45) is 2.15. The van der Waals surface area contributed by atoms with E-state index in [2.05, 4.69) is 57.0 Å². The fraction of sp³-hybridized carbons (Fsp3) is 0.368. The smallest absolute Gasteiger partial charge is 0.119 e. The van der Waals surface area contributed by atoms with E-state index in [0.29, 0.717) is 6.04 Å². The maximum Gasteiger partial charge on any atom is 0.119 e. The van der Waals surface area contributed by atoms with Crippen molar-refractivity contribution in [1.82, 2.24) is 13.6 Å². The van der Waals surface area contributed by atoms with Crippen molar-refractivity contribution in [2.24, 2.45) is 0 Å². The fourth-order valence-electron chi connectivity index (χ4n) is 3.50. The average Bonchev–Trinajstić information content (AvgIpc) is 2.99. The number of methoxy groups -OCH3 is 1. The molecule has 24 heavy (non-hydrogen) atoms. The molecule has 0 bridgehead atoms. The van der Waals surface area contributed by atoms with Crippen LogP contribution in [0.4, 0.5) is 0 Å². The first-order valence-corrected chi connectivity index (χ1v) is 9.09. The van der Waals surface area contributed by atoms with Gasteiger partial charge in [-0.3, -0.25) is 4.90 Å². The van der Waals surface area contributed by atoms with Crippen LogP contribution >= 0.6 is 11.7 Å². The van der Waals surface area contributed by atoms with Crippen LogP contribution in [0.25, 0.3) is 11.0 Å². The molecule has 0 unspecified atom stereocenters. The van der Waals surface area contributed by atoms with Crippen LogP contribution in [0.15, 0.2) is 36.4 Å². The molecule has 5 heteroatoms. The zero-order chi connectivity index (χ0) is 16.5. The van der Waals surface area contributed by atoms with Gasteiger partial charge in [0.2, 0.25) is 0 Å². The van der Waals surface area contributed by atoms with Gasteiger partial charge in [0.1, 0.15) is 16.8 Å². The van der Waals surface area contributed by atoms with Crippen molar-refractivity contribution in [2.75, 3.05) is 20.2 Å². The first-order valence-electron chi connectivity index (χ1n) is 8.36. The SMILES string of the molecule is COc1ccc2c(c1)CCN([C@@H](C)c1ccc3nsnc3c1)CC2. The van der Waals surface area contributed by atoms with Gasteiger partial charge in [0.25, 0.3) is 0 Å². The van der Waals surface area contributed by atoms with E-state index in [1.807, 2.05) is 0 Å². The zero-order valence-corrected chi connectivity index (χ0v) is 14.8. The number of aromatic nitrogens is 2. The van der Waals surface area contributed by atoms with Crippen molar-refractivity contribution in [1.29, 1.82) is 0 Å². The molecular formula is C19H21N3OS. The number of hydrogen-bond donors (Lipinski definition) is 0. The number of fused-ring (bicyclic) bond motifs is 2. The molecule has 2 aromatic carbocycles. The minimum atomic E-state index is 0.382. The molecule has 1 aliphatic heterocycles. The quantitative estimate of drug-likeness (QED) is 0.726. The van der Waals surface area contributed by atoms with Gasteiger partial charge in [-0.05, 0) is 60.7 Å². The Balaban J connectivity index is 1.54. The van der Waals surface area contributed by atoms with E-state index in [1.165, 1.54) is 28.4 Å². The van der Waals surface area contributed by atoms with Crippen molar-refractivity contribution in [3.63, 3.8) is 0 Å². The van der Waals surface area contributed by atoms with Crippen LogP contribution in [-0.4, -0.2) is 33.8 Å². The van der Waals surface area contributed by atoms with E-state index in [1.54, 1.807) is 7.11 Å². The molecule has 0 radical (unpaired) electrons. The molecule has 0 amide bonds. The summed E-state index contributed by atoms with van der Waals surface area (Å²) < 4.78 is 14.0. The van der Waals surface area contributed by atoms with Gasteiger partial charge >= 0.3 is 0 Å². The summed E-state index contributed by atoms with van der Waals surface area (Å²) >= 11 is 1.28. The Kier molecular flexibility index (Phi) is 4.21. The van der Waals surface area contributed by atoms with Crippen molar-refractivity contribution in [3.05, 3.63) is 53.1 Å². The van der Waals surface area contributed by atoms with Gasteiger partial charge in [-0.1, -0.05) is 12.1 Å². The summed E-state index contributed by atoms with van der Waals surface area (Å²) in [6.45, 7) is 4.43. The van der Waals surface area contributed by atoms with Crippen LogP contribution in [0.5, 0.6) is 5.75 Å². The summed E-state index contributed by atoms with van der Waals surface area (Å²) in [5.41, 5.74) is 6.19. The first kappa shape index (κ1) is 15.5. The van der Waals surface area contributed by atoms with Crippen LogP contribution in [0.3, 0.4) is 0 Å². The van der Waals surface area contributed by atoms with Gasteiger partial charge in [0.05, 0.1) is 18.8 Å². The third kappa shape index (κ3) is 2.89. The highest BCUT2D eigenvalue weighted by molar-refractivity contribution is 7.00. The van der Waals surface area contributed by atoms with E-state index >= 15 is 0 Å². The van der Waals surface area contributed by atoms with E-state index in [9.17, 15) is 0 Å². The first-order chi connectivity index (χ1) is 11.7. The third-order valence-corrected chi connectivity index (χ3v) is 5.61. The Labute approximate surface area is 146 Å². The number of hydrogen-bond acceptors (Lipinski definition) is 5. The molecule has 0 N–H and O–H groups in total. The summed E-state index contributed by atoms with van der Waals surface area (Å²) in [5.74, 6) is 0.955. The molecule has 124 valence electrons. The van der Waals surface area contributed by atoms with Crippen LogP contribution < -0.4 is 4.74 Å². The number of rotatable bonds is 3. The minimum Gasteiger partial charge on any atom is -0.497 e. The molecule has 0 fully saturated rings. The molecule has 1 aliphatic rings. The van der Waals surface area contributed by atoms with Gasteiger partial charge in [-0.25, -0.2) is 0 Å². The van der Waals surface area contributed by atoms with Crippen molar-refractivity contribution >= 4 is 22.8 Å². The highest BCUT2D eigenvalue weighted by atomic mass is 32.1. The standard InChI is InChI=1S/C19H21N3OS/c1-13(15-4-6-18-19(12-15)21-24-20-18)22-9-7-14-3-5-17(23-2)11-16(14)8-10-22/h3-6,11-13H,7-10H2,1-2H3/t13-/m0/s1. The van der Waals surface area contributed by atoms with Crippen LogP contribution in [-0.2, 0) is 12.8 Å². The summed E-state index contributed by atoms with van der Waals surface area (Å²) in [5, 5.41) is 0. The van der Waals surface area contributed by atoms with Crippen LogP contribution in [0.2, 0.25) is 0 Å². The lowest BCUT2D eigenvalue weighted by atomic mass is 10.0. The monoisotopic (exact) mass is 339 g/mol. The molecule has 4 rings (SSSR count). The van der Waals surface area contributed by atoms with Crippen LogP contribution in [0, 0.1) is 0 Å². The molecule has 1 aromatic heterocycles. The second kappa shape index (κ2) is 6.49. The number of nitrogens with zero attached hydrogens (tertiary/aromatic N) is 3. The average molecular weight is 339 g/mol. The lowest BCUT2D eigenvalue weighted by molar-refractivity contribution is 0.221. The van der Waals surface area contributed by atoms with Gasteiger partial charge in [-0.15, -0.1) is 0 Å². The Morgan fingerprint density at radius 1 is 1.00 bits per heavy atom. The van der Waals surface area contributed by atoms with E-state index in [0.717, 1.165) is 42.7 Å². The molecule has 3 aromatic rings. The van der Waals surface area contributed by atoms with Gasteiger partial charge in [0.15, 0.2) is 0 Å². The van der Waals surface area contributed by atoms with Gasteiger partial charge < -0.3 is 4.74 Å². The molecule has 2 heterocycles. The van der Waals surface area contributed by atoms with E-state index in [4.69, 9.17) is 4.74 Å². The second-order valence-electron chi connectivity index (χ2n) is 6.36. The van der Waals surface area contributed by atoms with Crippen molar-refractivity contribution < 1.29 is 4.74 Å². The zero-order valence-electron chi connectivity index (χ0n) is 14.0.